The first-order valence-corrected chi connectivity index (χ1v) is 6.49. The number of hydrogen-bond acceptors (Lipinski definition) is 2. The minimum Gasteiger partial charge on any atom is -0.444 e. The van der Waals surface area contributed by atoms with Gasteiger partial charge in [0, 0.05) is 12.1 Å². The number of nitrogens with zero attached hydrogens (tertiary/aromatic N) is 1. The van der Waals surface area contributed by atoms with Crippen molar-refractivity contribution in [3.05, 3.63) is 0 Å². The van der Waals surface area contributed by atoms with Gasteiger partial charge in [-0.25, -0.2) is 4.79 Å². The van der Waals surface area contributed by atoms with E-state index in [1.165, 1.54) is 12.8 Å². The van der Waals surface area contributed by atoms with E-state index in [9.17, 15) is 4.79 Å². The smallest absolute Gasteiger partial charge is 0.410 e. The molecule has 0 heterocycles. The zero-order chi connectivity index (χ0) is 11.8. The van der Waals surface area contributed by atoms with E-state index in [0.717, 1.165) is 25.7 Å². The van der Waals surface area contributed by atoms with E-state index in [2.05, 4.69) is 0 Å². The quantitative estimate of drug-likeness (QED) is 0.721. The molecule has 3 nitrogen and oxygen atoms in total. The van der Waals surface area contributed by atoms with Crippen LogP contribution in [0.5, 0.6) is 0 Å². The van der Waals surface area contributed by atoms with Crippen molar-refractivity contribution in [2.45, 2.75) is 77.0 Å². The molecule has 2 fully saturated rings. The summed E-state index contributed by atoms with van der Waals surface area (Å²) in [5, 5.41) is 0. The monoisotopic (exact) mass is 225 g/mol. The third-order valence-electron chi connectivity index (χ3n) is 3.54. The van der Waals surface area contributed by atoms with Gasteiger partial charge in [-0.05, 0) is 59.3 Å². The fourth-order valence-electron chi connectivity index (χ4n) is 2.24. The maximum Gasteiger partial charge on any atom is 0.410 e. The van der Waals surface area contributed by atoms with Crippen LogP contribution in [0.3, 0.4) is 0 Å². The molecule has 0 saturated heterocycles. The predicted molar refractivity (Wildman–Crippen MR) is 63.4 cm³/mol. The van der Waals surface area contributed by atoms with Crippen LogP contribution in [0.25, 0.3) is 0 Å². The molecule has 0 bridgehead atoms. The maximum atomic E-state index is 12.1. The van der Waals surface area contributed by atoms with Crippen molar-refractivity contribution in [2.75, 3.05) is 0 Å². The molecule has 0 aromatic heterocycles. The zero-order valence-corrected chi connectivity index (χ0v) is 10.7. The molecule has 0 atom stereocenters. The van der Waals surface area contributed by atoms with Crippen molar-refractivity contribution in [1.29, 1.82) is 0 Å². The normalized spacial score (nSPS) is 22.2. The highest BCUT2D eigenvalue weighted by atomic mass is 16.6. The average molecular weight is 225 g/mol. The van der Waals surface area contributed by atoms with E-state index in [4.69, 9.17) is 4.74 Å². The van der Waals surface area contributed by atoms with E-state index >= 15 is 0 Å². The van der Waals surface area contributed by atoms with Crippen LogP contribution in [0.2, 0.25) is 0 Å². The second kappa shape index (κ2) is 4.27. The Bertz CT molecular complexity index is 248. The molecule has 0 unspecified atom stereocenters. The molecule has 0 radical (unpaired) electrons. The van der Waals surface area contributed by atoms with Crippen molar-refractivity contribution >= 4 is 6.09 Å². The molecule has 16 heavy (non-hydrogen) atoms. The van der Waals surface area contributed by atoms with Crippen LogP contribution in [-0.2, 0) is 4.74 Å². The van der Waals surface area contributed by atoms with Crippen molar-refractivity contribution in [1.82, 2.24) is 4.90 Å². The van der Waals surface area contributed by atoms with Crippen LogP contribution in [0.4, 0.5) is 4.79 Å². The van der Waals surface area contributed by atoms with E-state index in [0.29, 0.717) is 12.1 Å². The molecular formula is C13H23NO2. The standard InChI is InChI=1S/C13H23NO2/c1-13(2,3)16-12(15)14(10-6-4-7-10)11-8-5-9-11/h10-11H,4-9H2,1-3H3. The van der Waals surface area contributed by atoms with E-state index in [1.54, 1.807) is 0 Å². The van der Waals surface area contributed by atoms with Crippen molar-refractivity contribution in [2.24, 2.45) is 0 Å². The number of hydrogen-bond donors (Lipinski definition) is 0. The number of rotatable bonds is 2. The van der Waals surface area contributed by atoms with Gasteiger partial charge in [0.25, 0.3) is 0 Å². The Morgan fingerprint density at radius 2 is 1.50 bits per heavy atom. The van der Waals surface area contributed by atoms with Crippen LogP contribution in [0, 0.1) is 0 Å². The largest absolute Gasteiger partial charge is 0.444 e. The van der Waals surface area contributed by atoms with E-state index in [1.807, 2.05) is 25.7 Å². The maximum absolute atomic E-state index is 12.1. The first kappa shape index (κ1) is 11.7. The Morgan fingerprint density at radius 1 is 1.06 bits per heavy atom. The fourth-order valence-corrected chi connectivity index (χ4v) is 2.24. The van der Waals surface area contributed by atoms with Crippen LogP contribution < -0.4 is 0 Å². The third kappa shape index (κ3) is 2.50. The Kier molecular flexibility index (Phi) is 3.13. The van der Waals surface area contributed by atoms with Crippen molar-refractivity contribution in [3.8, 4) is 0 Å². The lowest BCUT2D eigenvalue weighted by atomic mass is 9.85. The van der Waals surface area contributed by atoms with Gasteiger partial charge in [0.15, 0.2) is 0 Å². The molecule has 0 N–H and O–H groups in total. The topological polar surface area (TPSA) is 29.5 Å². The van der Waals surface area contributed by atoms with Crippen LogP contribution in [-0.4, -0.2) is 28.7 Å². The molecule has 0 aromatic carbocycles. The number of ether oxygens (including phenoxy) is 1. The van der Waals surface area contributed by atoms with E-state index < -0.39 is 0 Å². The SMILES string of the molecule is CC(C)(C)OC(=O)N(C1CCC1)C1CCC1. The van der Waals surface area contributed by atoms with Crippen LogP contribution >= 0.6 is 0 Å². The molecular weight excluding hydrogens is 202 g/mol. The summed E-state index contributed by atoms with van der Waals surface area (Å²) in [5.41, 5.74) is -0.372. The first-order valence-electron chi connectivity index (χ1n) is 6.49. The van der Waals surface area contributed by atoms with Gasteiger partial charge in [-0.3, -0.25) is 0 Å². The molecule has 0 aliphatic heterocycles. The Hall–Kier alpha value is -0.730. The molecule has 92 valence electrons. The molecule has 2 aliphatic carbocycles. The van der Waals surface area contributed by atoms with Crippen LogP contribution in [0.15, 0.2) is 0 Å². The summed E-state index contributed by atoms with van der Waals surface area (Å²) in [6.45, 7) is 5.81. The number of amides is 1. The van der Waals surface area contributed by atoms with Gasteiger partial charge in [0.2, 0.25) is 0 Å². The highest BCUT2D eigenvalue weighted by molar-refractivity contribution is 5.69. The summed E-state index contributed by atoms with van der Waals surface area (Å²) in [6.07, 6.45) is 7.08. The summed E-state index contributed by atoms with van der Waals surface area (Å²) in [5.74, 6) is 0. The van der Waals surface area contributed by atoms with Gasteiger partial charge in [-0.2, -0.15) is 0 Å². The fraction of sp³-hybridized carbons (Fsp3) is 0.923. The Morgan fingerprint density at radius 3 is 1.75 bits per heavy atom. The molecule has 1 amide bonds. The average Bonchev–Trinajstić information content (AvgIpc) is 1.92. The van der Waals surface area contributed by atoms with Gasteiger partial charge in [0.05, 0.1) is 0 Å². The molecule has 0 aromatic rings. The lowest BCUT2D eigenvalue weighted by Crippen LogP contribution is -2.53. The molecule has 0 spiro atoms. The molecule has 2 aliphatic rings. The molecule has 2 saturated carbocycles. The second-order valence-electron chi connectivity index (χ2n) is 6.06. The minimum atomic E-state index is -0.372. The summed E-state index contributed by atoms with van der Waals surface area (Å²) in [4.78, 5) is 14.2. The van der Waals surface area contributed by atoms with Crippen molar-refractivity contribution in [3.63, 3.8) is 0 Å². The lowest BCUT2D eigenvalue weighted by molar-refractivity contribution is -0.0181. The summed E-state index contributed by atoms with van der Waals surface area (Å²) in [7, 11) is 0. The predicted octanol–water partition coefficient (Wildman–Crippen LogP) is 3.33. The Labute approximate surface area is 98.1 Å². The molecule has 2 rings (SSSR count). The van der Waals surface area contributed by atoms with Gasteiger partial charge in [-0.15, -0.1) is 0 Å². The lowest BCUT2D eigenvalue weighted by Gasteiger charge is -2.46. The van der Waals surface area contributed by atoms with Crippen molar-refractivity contribution < 1.29 is 9.53 Å². The minimum absolute atomic E-state index is 0.0955. The first-order chi connectivity index (χ1) is 7.47. The van der Waals surface area contributed by atoms with Gasteiger partial charge in [-0.1, -0.05) is 0 Å². The van der Waals surface area contributed by atoms with Gasteiger partial charge >= 0.3 is 6.09 Å². The van der Waals surface area contributed by atoms with E-state index in [-0.39, 0.29) is 11.7 Å². The zero-order valence-electron chi connectivity index (χ0n) is 10.7. The van der Waals surface area contributed by atoms with Crippen LogP contribution in [0.1, 0.15) is 59.3 Å². The highest BCUT2D eigenvalue weighted by Gasteiger charge is 2.38. The summed E-state index contributed by atoms with van der Waals surface area (Å²) in [6, 6.07) is 0.917. The molecule has 3 heteroatoms. The van der Waals surface area contributed by atoms with Gasteiger partial charge in [0.1, 0.15) is 5.60 Å². The number of carbonyl (C=O) groups is 1. The van der Waals surface area contributed by atoms with Gasteiger partial charge < -0.3 is 9.64 Å². The third-order valence-corrected chi connectivity index (χ3v) is 3.54. The number of carbonyl (C=O) groups excluding carboxylic acids is 1. The summed E-state index contributed by atoms with van der Waals surface area (Å²) < 4.78 is 5.50. The Balaban J connectivity index is 1.97. The summed E-state index contributed by atoms with van der Waals surface area (Å²) >= 11 is 0. The highest BCUT2D eigenvalue weighted by Crippen LogP contribution is 2.34. The second-order valence-corrected chi connectivity index (χ2v) is 6.06.